The number of nitrogens with one attached hydrogen (secondary N) is 3. The molecule has 2 aromatic carbocycles. The van der Waals surface area contributed by atoms with Gasteiger partial charge in [-0.1, -0.05) is 68.9 Å². The first-order chi connectivity index (χ1) is 15.6. The molecule has 3 N–H and O–H groups in total. The standard InChI is InChI=1S/C26H35N3O2S/c1-3-4-5-6-7-8-15-27-25(30)21-13-14-22-23(16-21)29-26(31)24(28-22)18-32-17-20-11-9-19(2)10-12-20/h9-14,16,24,28H,3-8,15,17-18H2,1-2H3,(H,27,30)(H,29,31). The maximum Gasteiger partial charge on any atom is 0.251 e. The summed E-state index contributed by atoms with van der Waals surface area (Å²) in [5, 5.41) is 9.27. The van der Waals surface area contributed by atoms with Crippen LogP contribution in [-0.2, 0) is 10.5 Å². The molecule has 5 nitrogen and oxygen atoms in total. The van der Waals surface area contributed by atoms with Crippen molar-refractivity contribution < 1.29 is 9.59 Å². The van der Waals surface area contributed by atoms with Crippen LogP contribution in [0.1, 0.15) is 66.9 Å². The van der Waals surface area contributed by atoms with Crippen molar-refractivity contribution in [3.05, 3.63) is 59.2 Å². The van der Waals surface area contributed by atoms with Gasteiger partial charge >= 0.3 is 0 Å². The normalized spacial score (nSPS) is 14.9. The first kappa shape index (κ1) is 24.2. The molecular formula is C26H35N3O2S. The Kier molecular flexibility index (Phi) is 9.47. The number of amides is 2. The van der Waals surface area contributed by atoms with Gasteiger partial charge in [-0.3, -0.25) is 9.59 Å². The number of carbonyl (C=O) groups excluding carboxylic acids is 2. The second kappa shape index (κ2) is 12.5. The molecule has 3 rings (SSSR count). The summed E-state index contributed by atoms with van der Waals surface area (Å²) in [6.45, 7) is 4.98. The molecule has 1 aliphatic heterocycles. The van der Waals surface area contributed by atoms with Gasteiger partial charge in [-0.05, 0) is 37.1 Å². The fourth-order valence-corrected chi connectivity index (χ4v) is 4.71. The zero-order valence-electron chi connectivity index (χ0n) is 19.2. The summed E-state index contributed by atoms with van der Waals surface area (Å²) < 4.78 is 0. The first-order valence-electron chi connectivity index (χ1n) is 11.7. The number of rotatable bonds is 12. The molecule has 1 aliphatic rings. The third kappa shape index (κ3) is 7.30. The highest BCUT2D eigenvalue weighted by Crippen LogP contribution is 2.29. The summed E-state index contributed by atoms with van der Waals surface area (Å²) in [6.07, 6.45) is 7.17. The molecule has 0 aromatic heterocycles. The van der Waals surface area contributed by atoms with Gasteiger partial charge in [-0.15, -0.1) is 0 Å². The van der Waals surface area contributed by atoms with Crippen molar-refractivity contribution in [1.29, 1.82) is 0 Å². The summed E-state index contributed by atoms with van der Waals surface area (Å²) in [5.74, 6) is 1.40. The molecule has 0 saturated heterocycles. The number of fused-ring (bicyclic) bond motifs is 1. The molecule has 6 heteroatoms. The molecule has 2 amide bonds. The monoisotopic (exact) mass is 453 g/mol. The van der Waals surface area contributed by atoms with Crippen LogP contribution in [0.15, 0.2) is 42.5 Å². The number of unbranched alkanes of at least 4 members (excludes halogenated alkanes) is 5. The van der Waals surface area contributed by atoms with E-state index in [0.717, 1.165) is 24.3 Å². The van der Waals surface area contributed by atoms with E-state index in [9.17, 15) is 9.59 Å². The van der Waals surface area contributed by atoms with Crippen molar-refractivity contribution in [3.8, 4) is 0 Å². The lowest BCUT2D eigenvalue weighted by Crippen LogP contribution is -2.40. The van der Waals surface area contributed by atoms with Gasteiger partial charge in [0, 0.05) is 23.6 Å². The highest BCUT2D eigenvalue weighted by molar-refractivity contribution is 7.98. The van der Waals surface area contributed by atoms with E-state index in [4.69, 9.17) is 0 Å². The number of carbonyl (C=O) groups is 2. The largest absolute Gasteiger partial charge is 0.371 e. The van der Waals surface area contributed by atoms with Gasteiger partial charge in [0.2, 0.25) is 5.91 Å². The van der Waals surface area contributed by atoms with Crippen molar-refractivity contribution in [2.45, 2.75) is 64.2 Å². The quantitative estimate of drug-likeness (QED) is 0.358. The summed E-state index contributed by atoms with van der Waals surface area (Å²) in [7, 11) is 0. The number of thioether (sulfide) groups is 1. The van der Waals surface area contributed by atoms with Crippen molar-refractivity contribution in [3.63, 3.8) is 0 Å². The number of benzene rings is 2. The van der Waals surface area contributed by atoms with E-state index in [2.05, 4.69) is 54.1 Å². The van der Waals surface area contributed by atoms with E-state index in [-0.39, 0.29) is 17.9 Å². The molecule has 1 unspecified atom stereocenters. The molecule has 2 aromatic rings. The Morgan fingerprint density at radius 2 is 1.75 bits per heavy atom. The third-order valence-corrected chi connectivity index (χ3v) is 6.78. The number of anilines is 2. The maximum absolute atomic E-state index is 12.6. The van der Waals surface area contributed by atoms with E-state index in [1.807, 2.05) is 12.1 Å². The lowest BCUT2D eigenvalue weighted by molar-refractivity contribution is -0.116. The third-order valence-electron chi connectivity index (χ3n) is 5.68. The Hall–Kier alpha value is -2.47. The Bertz CT molecular complexity index is 898. The summed E-state index contributed by atoms with van der Waals surface area (Å²) >= 11 is 1.73. The molecule has 0 spiro atoms. The molecular weight excluding hydrogens is 418 g/mol. The van der Waals surface area contributed by atoms with Crippen molar-refractivity contribution in [2.75, 3.05) is 22.9 Å². The molecule has 0 aliphatic carbocycles. The molecule has 32 heavy (non-hydrogen) atoms. The average Bonchev–Trinajstić information content (AvgIpc) is 2.79. The van der Waals surface area contributed by atoms with Gasteiger partial charge in [0.05, 0.1) is 11.4 Å². The van der Waals surface area contributed by atoms with Gasteiger partial charge < -0.3 is 16.0 Å². The Morgan fingerprint density at radius 3 is 2.53 bits per heavy atom. The molecule has 0 saturated carbocycles. The number of aryl methyl sites for hydroxylation is 1. The number of hydrogen-bond donors (Lipinski definition) is 3. The first-order valence-corrected chi connectivity index (χ1v) is 12.8. The zero-order chi connectivity index (χ0) is 22.8. The predicted molar refractivity (Wildman–Crippen MR) is 136 cm³/mol. The summed E-state index contributed by atoms with van der Waals surface area (Å²) in [5.41, 5.74) is 4.61. The zero-order valence-corrected chi connectivity index (χ0v) is 20.0. The van der Waals surface area contributed by atoms with Crippen LogP contribution in [0.25, 0.3) is 0 Å². The molecule has 0 bridgehead atoms. The van der Waals surface area contributed by atoms with Crippen LogP contribution in [0.2, 0.25) is 0 Å². The number of hydrogen-bond acceptors (Lipinski definition) is 4. The van der Waals surface area contributed by atoms with Crippen LogP contribution in [0.5, 0.6) is 0 Å². The second-order valence-electron chi connectivity index (χ2n) is 8.47. The van der Waals surface area contributed by atoms with Gasteiger partial charge in [0.1, 0.15) is 6.04 Å². The second-order valence-corrected chi connectivity index (χ2v) is 9.50. The molecule has 1 heterocycles. The summed E-state index contributed by atoms with van der Waals surface area (Å²) in [6, 6.07) is 13.6. The SMILES string of the molecule is CCCCCCCCNC(=O)c1ccc2c(c1)NC(=O)C(CSCc1ccc(C)cc1)N2. The van der Waals surface area contributed by atoms with E-state index in [1.165, 1.54) is 36.8 Å². The van der Waals surface area contributed by atoms with E-state index in [1.54, 1.807) is 17.8 Å². The molecule has 1 atom stereocenters. The van der Waals surface area contributed by atoms with E-state index >= 15 is 0 Å². The summed E-state index contributed by atoms with van der Waals surface area (Å²) in [4.78, 5) is 25.0. The molecule has 172 valence electrons. The highest BCUT2D eigenvalue weighted by Gasteiger charge is 2.26. The minimum absolute atomic E-state index is 0.0569. The minimum atomic E-state index is -0.287. The van der Waals surface area contributed by atoms with Crippen molar-refractivity contribution >= 4 is 35.0 Å². The lowest BCUT2D eigenvalue weighted by Gasteiger charge is -2.27. The van der Waals surface area contributed by atoms with Crippen molar-refractivity contribution in [2.24, 2.45) is 0 Å². The smallest absolute Gasteiger partial charge is 0.251 e. The van der Waals surface area contributed by atoms with Crippen LogP contribution >= 0.6 is 11.8 Å². The molecule has 0 radical (unpaired) electrons. The lowest BCUT2D eigenvalue weighted by atomic mass is 10.1. The van der Waals surface area contributed by atoms with E-state index < -0.39 is 0 Å². The van der Waals surface area contributed by atoms with Crippen LogP contribution in [0, 0.1) is 6.92 Å². The predicted octanol–water partition coefficient (Wildman–Crippen LogP) is 5.75. The van der Waals surface area contributed by atoms with Crippen LogP contribution in [0.4, 0.5) is 11.4 Å². The topological polar surface area (TPSA) is 70.2 Å². The van der Waals surface area contributed by atoms with Crippen LogP contribution in [-0.4, -0.2) is 30.2 Å². The Labute approximate surface area is 196 Å². The van der Waals surface area contributed by atoms with Gasteiger partial charge in [-0.2, -0.15) is 11.8 Å². The van der Waals surface area contributed by atoms with E-state index in [0.29, 0.717) is 23.5 Å². The van der Waals surface area contributed by atoms with Crippen molar-refractivity contribution in [1.82, 2.24) is 5.32 Å². The highest BCUT2D eigenvalue weighted by atomic mass is 32.2. The Morgan fingerprint density at radius 1 is 1.00 bits per heavy atom. The van der Waals surface area contributed by atoms with Gasteiger partial charge in [-0.25, -0.2) is 0 Å². The fourth-order valence-electron chi connectivity index (χ4n) is 3.69. The maximum atomic E-state index is 12.6. The minimum Gasteiger partial charge on any atom is -0.371 e. The fraction of sp³-hybridized carbons (Fsp3) is 0.462. The van der Waals surface area contributed by atoms with Gasteiger partial charge in [0.15, 0.2) is 0 Å². The Balaban J connectivity index is 1.45. The average molecular weight is 454 g/mol. The van der Waals surface area contributed by atoms with Crippen LogP contribution < -0.4 is 16.0 Å². The molecule has 0 fully saturated rings. The van der Waals surface area contributed by atoms with Gasteiger partial charge in [0.25, 0.3) is 5.91 Å². The van der Waals surface area contributed by atoms with Crippen LogP contribution in [0.3, 0.4) is 0 Å².